The molecule has 1 amide bonds. The largest absolute Gasteiger partial charge is 0.493 e. The summed E-state index contributed by atoms with van der Waals surface area (Å²) < 4.78 is 21.6. The summed E-state index contributed by atoms with van der Waals surface area (Å²) >= 11 is 7.28. The Morgan fingerprint density at radius 2 is 1.76 bits per heavy atom. The van der Waals surface area contributed by atoms with Crippen LogP contribution in [-0.4, -0.2) is 38.8 Å². The molecule has 0 radical (unpaired) electrons. The zero-order chi connectivity index (χ0) is 24.0. The first-order chi connectivity index (χ1) is 15.8. The second kappa shape index (κ2) is 11.1. The maximum atomic E-state index is 12.9. The van der Waals surface area contributed by atoms with Crippen LogP contribution in [0, 0.1) is 0 Å². The molecular weight excluding hydrogens is 466 g/mol. The second-order valence-corrected chi connectivity index (χ2v) is 8.43. The molecule has 1 heterocycles. The van der Waals surface area contributed by atoms with Gasteiger partial charge >= 0.3 is 5.97 Å². The highest BCUT2D eigenvalue weighted by Crippen LogP contribution is 2.39. The third-order valence-corrected chi connectivity index (χ3v) is 5.69. The fourth-order valence-electron chi connectivity index (χ4n) is 3.01. The van der Waals surface area contributed by atoms with E-state index in [9.17, 15) is 9.59 Å². The summed E-state index contributed by atoms with van der Waals surface area (Å²) in [5, 5.41) is 5.29. The van der Waals surface area contributed by atoms with E-state index in [2.05, 4.69) is 5.32 Å². The highest BCUT2D eigenvalue weighted by molar-refractivity contribution is 7.15. The first-order valence-electron chi connectivity index (χ1n) is 10.1. The molecule has 2 aromatic carbocycles. The Bertz CT molecular complexity index is 1140. The van der Waals surface area contributed by atoms with Crippen molar-refractivity contribution in [1.29, 1.82) is 0 Å². The van der Waals surface area contributed by atoms with Crippen LogP contribution in [0.4, 0.5) is 5.00 Å². The van der Waals surface area contributed by atoms with Crippen molar-refractivity contribution in [3.05, 3.63) is 58.4 Å². The number of rotatable bonds is 9. The predicted molar refractivity (Wildman–Crippen MR) is 129 cm³/mol. The van der Waals surface area contributed by atoms with E-state index in [1.54, 1.807) is 62.7 Å². The van der Waals surface area contributed by atoms with E-state index in [0.29, 0.717) is 38.4 Å². The first kappa shape index (κ1) is 24.4. The van der Waals surface area contributed by atoms with E-state index < -0.39 is 11.9 Å². The molecule has 0 saturated carbocycles. The van der Waals surface area contributed by atoms with E-state index in [1.165, 1.54) is 18.4 Å². The van der Waals surface area contributed by atoms with Gasteiger partial charge in [-0.2, -0.15) is 0 Å². The maximum Gasteiger partial charge on any atom is 0.342 e. The number of anilines is 1. The van der Waals surface area contributed by atoms with E-state index in [-0.39, 0.29) is 18.3 Å². The molecule has 1 aromatic heterocycles. The minimum atomic E-state index is -0.543. The van der Waals surface area contributed by atoms with Crippen LogP contribution in [-0.2, 0) is 9.53 Å². The molecule has 33 heavy (non-hydrogen) atoms. The lowest BCUT2D eigenvalue weighted by atomic mass is 10.0. The summed E-state index contributed by atoms with van der Waals surface area (Å²) in [5.41, 5.74) is 1.58. The van der Waals surface area contributed by atoms with Crippen LogP contribution in [0.3, 0.4) is 0 Å². The molecule has 0 aliphatic heterocycles. The molecule has 174 valence electrons. The smallest absolute Gasteiger partial charge is 0.342 e. The third-order valence-electron chi connectivity index (χ3n) is 4.48. The number of carbonyl (C=O) groups is 2. The molecule has 0 fully saturated rings. The molecule has 0 bridgehead atoms. The maximum absolute atomic E-state index is 12.9. The fourth-order valence-corrected chi connectivity index (χ4v) is 4.17. The van der Waals surface area contributed by atoms with Gasteiger partial charge in [-0.3, -0.25) is 4.79 Å². The Morgan fingerprint density at radius 3 is 2.42 bits per heavy atom. The Balaban J connectivity index is 1.89. The summed E-state index contributed by atoms with van der Waals surface area (Å²) in [6.45, 7) is 3.25. The number of methoxy groups -OCH3 is 2. The van der Waals surface area contributed by atoms with Gasteiger partial charge in [0, 0.05) is 10.9 Å². The predicted octanol–water partition coefficient (Wildman–Crippen LogP) is 5.67. The van der Waals surface area contributed by atoms with Crippen LogP contribution in [0.2, 0.25) is 5.02 Å². The molecule has 3 aromatic rings. The molecule has 0 aliphatic rings. The van der Waals surface area contributed by atoms with Crippen molar-refractivity contribution in [2.24, 2.45) is 0 Å². The normalized spacial score (nSPS) is 10.6. The van der Waals surface area contributed by atoms with Crippen LogP contribution >= 0.6 is 22.9 Å². The number of hydrogen-bond acceptors (Lipinski definition) is 7. The molecule has 3 rings (SSSR count). The number of ether oxygens (including phenoxy) is 4. The van der Waals surface area contributed by atoms with Gasteiger partial charge in [-0.05, 0) is 43.7 Å². The molecule has 0 atom stereocenters. The number of benzene rings is 2. The monoisotopic (exact) mass is 489 g/mol. The van der Waals surface area contributed by atoms with Gasteiger partial charge in [-0.15, -0.1) is 11.3 Å². The summed E-state index contributed by atoms with van der Waals surface area (Å²) in [6, 6.07) is 12.2. The van der Waals surface area contributed by atoms with E-state index in [4.69, 9.17) is 30.5 Å². The third kappa shape index (κ3) is 5.97. The quantitative estimate of drug-likeness (QED) is 0.390. The lowest BCUT2D eigenvalue weighted by Gasteiger charge is -2.13. The number of para-hydroxylation sites is 1. The number of thiophene rings is 1. The van der Waals surface area contributed by atoms with Crippen LogP contribution < -0.4 is 19.5 Å². The molecule has 9 heteroatoms. The van der Waals surface area contributed by atoms with Crippen molar-refractivity contribution in [2.75, 3.05) is 26.1 Å². The zero-order valence-electron chi connectivity index (χ0n) is 18.6. The summed E-state index contributed by atoms with van der Waals surface area (Å²) in [4.78, 5) is 25.5. The number of carbonyl (C=O) groups excluding carboxylic acids is 2. The van der Waals surface area contributed by atoms with Crippen LogP contribution in [0.1, 0.15) is 24.2 Å². The van der Waals surface area contributed by atoms with Crippen LogP contribution in [0.25, 0.3) is 11.1 Å². The Morgan fingerprint density at radius 1 is 1.03 bits per heavy atom. The fraction of sp³-hybridized carbons (Fsp3) is 0.250. The minimum Gasteiger partial charge on any atom is -0.493 e. The molecule has 7 nitrogen and oxygen atoms in total. The Labute approximate surface area is 201 Å². The second-order valence-electron chi connectivity index (χ2n) is 7.14. The van der Waals surface area contributed by atoms with E-state index >= 15 is 0 Å². The minimum absolute atomic E-state index is 0.256. The average Bonchev–Trinajstić information content (AvgIpc) is 3.21. The summed E-state index contributed by atoms with van der Waals surface area (Å²) in [7, 11) is 3.08. The molecule has 0 saturated heterocycles. The van der Waals surface area contributed by atoms with Gasteiger partial charge in [0.25, 0.3) is 5.91 Å². The summed E-state index contributed by atoms with van der Waals surface area (Å²) in [5.74, 6) is 0.495. The standard InChI is InChI=1S/C24H24ClNO6S/c1-14(2)32-24(28)22-16(15-9-10-19(29-3)20(11-15)30-4)13-33-23(22)26-21(27)12-31-18-8-6-5-7-17(18)25/h5-11,13-14H,12H2,1-4H3,(H,26,27). The molecule has 0 unspecified atom stereocenters. The van der Waals surface area contributed by atoms with E-state index in [0.717, 1.165) is 0 Å². The number of esters is 1. The highest BCUT2D eigenvalue weighted by atomic mass is 35.5. The van der Waals surface area contributed by atoms with Crippen molar-refractivity contribution in [3.63, 3.8) is 0 Å². The molecular formula is C24H24ClNO6S. The number of amides is 1. The molecule has 1 N–H and O–H groups in total. The lowest BCUT2D eigenvalue weighted by Crippen LogP contribution is -2.21. The molecule has 0 aliphatic carbocycles. The van der Waals surface area contributed by atoms with Crippen molar-refractivity contribution in [3.8, 4) is 28.4 Å². The number of halogens is 1. The number of nitrogens with one attached hydrogen (secondary N) is 1. The van der Waals surface area contributed by atoms with Crippen molar-refractivity contribution in [1.82, 2.24) is 0 Å². The van der Waals surface area contributed by atoms with Crippen molar-refractivity contribution in [2.45, 2.75) is 20.0 Å². The van der Waals surface area contributed by atoms with Gasteiger partial charge in [0.15, 0.2) is 18.1 Å². The van der Waals surface area contributed by atoms with Crippen molar-refractivity contribution < 1.29 is 28.5 Å². The SMILES string of the molecule is COc1ccc(-c2csc(NC(=O)COc3ccccc3Cl)c2C(=O)OC(C)C)cc1OC. The Kier molecular flexibility index (Phi) is 8.19. The Hall–Kier alpha value is -3.23. The van der Waals surface area contributed by atoms with Gasteiger partial charge < -0.3 is 24.3 Å². The van der Waals surface area contributed by atoms with Gasteiger partial charge in [0.1, 0.15) is 16.3 Å². The van der Waals surface area contributed by atoms with E-state index in [1.807, 2.05) is 6.07 Å². The average molecular weight is 490 g/mol. The first-order valence-corrected chi connectivity index (χ1v) is 11.3. The lowest BCUT2D eigenvalue weighted by molar-refractivity contribution is -0.118. The van der Waals surface area contributed by atoms with Crippen LogP contribution in [0.15, 0.2) is 47.8 Å². The molecule has 0 spiro atoms. The highest BCUT2D eigenvalue weighted by Gasteiger charge is 2.24. The van der Waals surface area contributed by atoms with Crippen LogP contribution in [0.5, 0.6) is 17.2 Å². The van der Waals surface area contributed by atoms with Gasteiger partial charge in [0.2, 0.25) is 0 Å². The van der Waals surface area contributed by atoms with Gasteiger partial charge in [-0.25, -0.2) is 4.79 Å². The van der Waals surface area contributed by atoms with Crippen molar-refractivity contribution >= 4 is 39.8 Å². The summed E-state index contributed by atoms with van der Waals surface area (Å²) in [6.07, 6.45) is -0.331. The zero-order valence-corrected chi connectivity index (χ0v) is 20.2. The van der Waals surface area contributed by atoms with Gasteiger partial charge in [-0.1, -0.05) is 29.8 Å². The number of hydrogen-bond donors (Lipinski definition) is 1. The topological polar surface area (TPSA) is 83.1 Å². The van der Waals surface area contributed by atoms with Gasteiger partial charge in [0.05, 0.1) is 25.3 Å².